The van der Waals surface area contributed by atoms with Crippen molar-refractivity contribution in [2.45, 2.75) is 13.0 Å². The number of nitrogens with two attached hydrogens (primary N) is 1. The molecule has 4 nitrogen and oxygen atoms in total. The average molecular weight is 240 g/mol. The Morgan fingerprint density at radius 2 is 2.25 bits per heavy atom. The lowest BCUT2D eigenvalue weighted by Gasteiger charge is -2.35. The number of amides is 1. The maximum absolute atomic E-state index is 11.7. The second-order valence-electron chi connectivity index (χ2n) is 3.99. The lowest BCUT2D eigenvalue weighted by atomic mass is 10.1. The maximum atomic E-state index is 11.7. The Bertz CT molecular complexity index is 447. The van der Waals surface area contributed by atoms with Gasteiger partial charge in [0.15, 0.2) is 0 Å². The number of aryl methyl sites for hydroxylation is 1. The summed E-state index contributed by atoms with van der Waals surface area (Å²) in [4.78, 5) is 13.6. The Balaban J connectivity index is 2.55. The van der Waals surface area contributed by atoms with E-state index in [1.54, 1.807) is 0 Å². The van der Waals surface area contributed by atoms with E-state index in [1.807, 2.05) is 31.0 Å². The van der Waals surface area contributed by atoms with Crippen LogP contribution in [-0.2, 0) is 4.79 Å². The predicted molar refractivity (Wildman–Crippen MR) is 66.1 cm³/mol. The fourth-order valence-electron chi connectivity index (χ4n) is 2.00. The first-order valence-corrected chi connectivity index (χ1v) is 5.46. The third-order valence-corrected chi connectivity index (χ3v) is 3.10. The standard InChI is InChI=1S/C11H14ClN3O/c1-6-3-7(12)10-8(4-6)14-11(16)9(5-13)15(10)2/h3-4,9H,5,13H2,1-2H3,(H,14,16). The van der Waals surface area contributed by atoms with Crippen LogP contribution in [0.2, 0.25) is 5.02 Å². The Hall–Kier alpha value is -1.26. The molecule has 0 saturated carbocycles. The van der Waals surface area contributed by atoms with E-state index < -0.39 is 0 Å². The molecule has 1 aromatic carbocycles. The molecule has 1 heterocycles. The van der Waals surface area contributed by atoms with E-state index in [-0.39, 0.29) is 18.5 Å². The molecule has 5 heteroatoms. The summed E-state index contributed by atoms with van der Waals surface area (Å²) in [5.41, 5.74) is 8.18. The number of carbonyl (C=O) groups is 1. The van der Waals surface area contributed by atoms with Crippen molar-refractivity contribution in [2.75, 3.05) is 23.8 Å². The van der Waals surface area contributed by atoms with Gasteiger partial charge in [0.05, 0.1) is 16.4 Å². The first-order valence-electron chi connectivity index (χ1n) is 5.08. The molecule has 16 heavy (non-hydrogen) atoms. The van der Waals surface area contributed by atoms with Gasteiger partial charge in [-0.25, -0.2) is 0 Å². The number of nitrogens with zero attached hydrogens (tertiary/aromatic N) is 1. The van der Waals surface area contributed by atoms with E-state index in [4.69, 9.17) is 17.3 Å². The van der Waals surface area contributed by atoms with Crippen molar-refractivity contribution in [1.29, 1.82) is 0 Å². The largest absolute Gasteiger partial charge is 0.359 e. The highest BCUT2D eigenvalue weighted by Gasteiger charge is 2.30. The molecular formula is C11H14ClN3O. The first-order chi connectivity index (χ1) is 7.54. The summed E-state index contributed by atoms with van der Waals surface area (Å²) < 4.78 is 0. The van der Waals surface area contributed by atoms with Gasteiger partial charge in [0.2, 0.25) is 5.91 Å². The number of benzene rings is 1. The minimum atomic E-state index is -0.354. The summed E-state index contributed by atoms with van der Waals surface area (Å²) in [5, 5.41) is 3.46. The summed E-state index contributed by atoms with van der Waals surface area (Å²) in [6, 6.07) is 3.43. The Morgan fingerprint density at radius 3 is 2.88 bits per heavy atom. The molecular weight excluding hydrogens is 226 g/mol. The van der Waals surface area contributed by atoms with Crippen LogP contribution in [-0.4, -0.2) is 25.5 Å². The lowest BCUT2D eigenvalue weighted by Crippen LogP contribution is -2.50. The smallest absolute Gasteiger partial charge is 0.248 e. The third kappa shape index (κ3) is 1.64. The lowest BCUT2D eigenvalue weighted by molar-refractivity contribution is -0.117. The molecule has 0 aromatic heterocycles. The molecule has 1 amide bonds. The van der Waals surface area contributed by atoms with Crippen LogP contribution in [0.1, 0.15) is 5.56 Å². The summed E-state index contributed by atoms with van der Waals surface area (Å²) in [6.45, 7) is 2.21. The summed E-state index contributed by atoms with van der Waals surface area (Å²) in [5.74, 6) is -0.0841. The molecule has 0 fully saturated rings. The van der Waals surface area contributed by atoms with E-state index in [0.717, 1.165) is 16.9 Å². The van der Waals surface area contributed by atoms with Crippen LogP contribution in [0.4, 0.5) is 11.4 Å². The minimum absolute atomic E-state index is 0.0841. The molecule has 0 bridgehead atoms. The van der Waals surface area contributed by atoms with Gasteiger partial charge in [-0.15, -0.1) is 0 Å². The van der Waals surface area contributed by atoms with Gasteiger partial charge < -0.3 is 16.0 Å². The fraction of sp³-hybridized carbons (Fsp3) is 0.364. The Kier molecular flexibility index (Phi) is 2.78. The second-order valence-corrected chi connectivity index (χ2v) is 4.40. The Labute approximate surface area is 99.4 Å². The summed E-state index contributed by atoms with van der Waals surface area (Å²) in [7, 11) is 1.83. The number of halogens is 1. The highest BCUT2D eigenvalue weighted by Crippen LogP contribution is 2.38. The predicted octanol–water partition coefficient (Wildman–Crippen LogP) is 1.36. The number of nitrogens with one attached hydrogen (secondary N) is 1. The number of carbonyl (C=O) groups excluding carboxylic acids is 1. The second kappa shape index (κ2) is 3.96. The highest BCUT2D eigenvalue weighted by molar-refractivity contribution is 6.34. The zero-order valence-electron chi connectivity index (χ0n) is 9.25. The molecule has 1 atom stereocenters. The molecule has 0 radical (unpaired) electrons. The topological polar surface area (TPSA) is 58.4 Å². The average Bonchev–Trinajstić information content (AvgIpc) is 2.15. The third-order valence-electron chi connectivity index (χ3n) is 2.81. The summed E-state index contributed by atoms with van der Waals surface area (Å²) >= 11 is 6.18. The molecule has 0 aliphatic carbocycles. The van der Waals surface area contributed by atoms with Crippen molar-refractivity contribution in [3.63, 3.8) is 0 Å². The van der Waals surface area contributed by atoms with Gasteiger partial charge in [-0.1, -0.05) is 11.6 Å². The summed E-state index contributed by atoms with van der Waals surface area (Å²) in [6.07, 6.45) is 0. The van der Waals surface area contributed by atoms with E-state index in [9.17, 15) is 4.79 Å². The van der Waals surface area contributed by atoms with Gasteiger partial charge in [-0.2, -0.15) is 0 Å². The van der Waals surface area contributed by atoms with Gasteiger partial charge >= 0.3 is 0 Å². The van der Waals surface area contributed by atoms with Gasteiger partial charge in [-0.3, -0.25) is 4.79 Å². The molecule has 1 aliphatic rings. The van der Waals surface area contributed by atoms with Crippen molar-refractivity contribution in [2.24, 2.45) is 5.73 Å². The van der Waals surface area contributed by atoms with Crippen LogP contribution in [0.25, 0.3) is 0 Å². The van der Waals surface area contributed by atoms with Crippen LogP contribution in [0.5, 0.6) is 0 Å². The Morgan fingerprint density at radius 1 is 1.56 bits per heavy atom. The maximum Gasteiger partial charge on any atom is 0.248 e. The minimum Gasteiger partial charge on any atom is -0.359 e. The molecule has 0 spiro atoms. The molecule has 1 aliphatic heterocycles. The number of likely N-dealkylation sites (N-methyl/N-ethyl adjacent to an activating group) is 1. The van der Waals surface area contributed by atoms with E-state index in [2.05, 4.69) is 5.32 Å². The first kappa shape index (κ1) is 11.2. The molecule has 86 valence electrons. The van der Waals surface area contributed by atoms with Crippen LogP contribution >= 0.6 is 11.6 Å². The molecule has 2 rings (SSSR count). The molecule has 3 N–H and O–H groups in total. The zero-order chi connectivity index (χ0) is 11.9. The number of hydrogen-bond acceptors (Lipinski definition) is 3. The fourth-order valence-corrected chi connectivity index (χ4v) is 2.41. The molecule has 1 aromatic rings. The van der Waals surface area contributed by atoms with Crippen molar-refractivity contribution in [1.82, 2.24) is 0 Å². The van der Waals surface area contributed by atoms with Crippen LogP contribution in [0, 0.1) is 6.92 Å². The van der Waals surface area contributed by atoms with Crippen LogP contribution in [0.3, 0.4) is 0 Å². The quantitative estimate of drug-likeness (QED) is 0.778. The van der Waals surface area contributed by atoms with E-state index in [1.165, 1.54) is 0 Å². The van der Waals surface area contributed by atoms with Gasteiger partial charge in [0.1, 0.15) is 6.04 Å². The molecule has 1 unspecified atom stereocenters. The van der Waals surface area contributed by atoms with Crippen LogP contribution in [0.15, 0.2) is 12.1 Å². The van der Waals surface area contributed by atoms with Crippen LogP contribution < -0.4 is 16.0 Å². The van der Waals surface area contributed by atoms with E-state index >= 15 is 0 Å². The normalized spacial score (nSPS) is 19.4. The van der Waals surface area contributed by atoms with Crippen molar-refractivity contribution >= 4 is 28.9 Å². The zero-order valence-corrected chi connectivity index (χ0v) is 10.0. The monoisotopic (exact) mass is 239 g/mol. The number of fused-ring (bicyclic) bond motifs is 1. The van der Waals surface area contributed by atoms with Crippen molar-refractivity contribution in [3.05, 3.63) is 22.7 Å². The number of hydrogen-bond donors (Lipinski definition) is 2. The van der Waals surface area contributed by atoms with E-state index in [0.29, 0.717) is 5.02 Å². The van der Waals surface area contributed by atoms with Gasteiger partial charge in [-0.05, 0) is 24.6 Å². The van der Waals surface area contributed by atoms with Gasteiger partial charge in [0, 0.05) is 13.6 Å². The van der Waals surface area contributed by atoms with Crippen molar-refractivity contribution in [3.8, 4) is 0 Å². The number of rotatable bonds is 1. The molecule has 0 saturated heterocycles. The highest BCUT2D eigenvalue weighted by atomic mass is 35.5. The van der Waals surface area contributed by atoms with Crippen molar-refractivity contribution < 1.29 is 4.79 Å². The SMILES string of the molecule is Cc1cc(Cl)c2c(c1)NC(=O)C(CN)N2C. The van der Waals surface area contributed by atoms with Gasteiger partial charge in [0.25, 0.3) is 0 Å². The number of anilines is 2.